The Hall–Kier alpha value is -2.77. The number of hydrogen-bond donors (Lipinski definition) is 1. The molecule has 14 heteroatoms. The number of morpholine rings is 1. The molecule has 4 amide bonds. The average Bonchev–Trinajstić information content (AvgIpc) is 3.50. The second kappa shape index (κ2) is 14.0. The smallest absolute Gasteiger partial charge is 0.414 e. The average molecular weight is 604 g/mol. The molecule has 4 rings (SSSR count). The number of ether oxygens (including phenoxy) is 2. The predicted octanol–water partition coefficient (Wildman–Crippen LogP) is 3.84. The van der Waals surface area contributed by atoms with Gasteiger partial charge in [0, 0.05) is 18.7 Å². The number of hydrogen-bond acceptors (Lipinski definition) is 8. The highest BCUT2D eigenvalue weighted by Crippen LogP contribution is 2.30. The first kappa shape index (κ1) is 30.8. The lowest BCUT2D eigenvalue weighted by Crippen LogP contribution is -2.43. The fourth-order valence-electron chi connectivity index (χ4n) is 4.28. The quantitative estimate of drug-likeness (QED) is 0.410. The van der Waals surface area contributed by atoms with Crippen LogP contribution >= 0.6 is 35.3 Å². The zero-order chi connectivity index (χ0) is 27.2. The van der Waals surface area contributed by atoms with E-state index in [0.29, 0.717) is 36.1 Å². The van der Waals surface area contributed by atoms with Gasteiger partial charge < -0.3 is 20.1 Å². The third kappa shape index (κ3) is 7.46. The van der Waals surface area contributed by atoms with Crippen LogP contribution in [0.25, 0.3) is 0 Å². The Balaban J connectivity index is 0.00000420. The SMILES string of the molecule is Cl.NCCCCCC(=O)N(C[C@H]1CN(c2ccc(N3CCOCC3=O)cc2F)C(=O)O1)C(=O)c1ccc(Cl)s1. The largest absolute Gasteiger partial charge is 0.442 e. The summed E-state index contributed by atoms with van der Waals surface area (Å²) >= 11 is 7.03. The molecule has 0 aliphatic carbocycles. The maximum Gasteiger partial charge on any atom is 0.414 e. The number of benzene rings is 1. The van der Waals surface area contributed by atoms with Crippen LogP contribution in [0, 0.1) is 5.82 Å². The molecule has 1 atom stereocenters. The van der Waals surface area contributed by atoms with Crippen molar-refractivity contribution in [2.45, 2.75) is 31.8 Å². The number of carbonyl (C=O) groups excluding carboxylic acids is 4. The first-order valence-electron chi connectivity index (χ1n) is 12.2. The normalized spacial score (nSPS) is 17.2. The number of nitrogens with two attached hydrogens (primary N) is 1. The van der Waals surface area contributed by atoms with Crippen LogP contribution in [0.2, 0.25) is 4.34 Å². The number of thiophene rings is 1. The van der Waals surface area contributed by atoms with Crippen molar-refractivity contribution >= 4 is 70.5 Å². The van der Waals surface area contributed by atoms with Crippen LogP contribution in [0.4, 0.5) is 20.6 Å². The molecule has 2 aliphatic heterocycles. The first-order valence-corrected chi connectivity index (χ1v) is 13.4. The fourth-order valence-corrected chi connectivity index (χ4v) is 5.28. The van der Waals surface area contributed by atoms with E-state index >= 15 is 4.39 Å². The van der Waals surface area contributed by atoms with Gasteiger partial charge in [-0.05, 0) is 49.7 Å². The molecule has 39 heavy (non-hydrogen) atoms. The van der Waals surface area contributed by atoms with E-state index in [2.05, 4.69) is 0 Å². The van der Waals surface area contributed by atoms with Crippen molar-refractivity contribution in [3.63, 3.8) is 0 Å². The van der Waals surface area contributed by atoms with E-state index in [1.165, 1.54) is 23.1 Å². The van der Waals surface area contributed by atoms with E-state index in [9.17, 15) is 19.2 Å². The summed E-state index contributed by atoms with van der Waals surface area (Å²) in [6.45, 7) is 0.815. The Kier molecular flexibility index (Phi) is 11.1. The van der Waals surface area contributed by atoms with Crippen molar-refractivity contribution in [3.8, 4) is 0 Å². The summed E-state index contributed by atoms with van der Waals surface area (Å²) in [6, 6.07) is 7.23. The van der Waals surface area contributed by atoms with E-state index in [1.807, 2.05) is 0 Å². The summed E-state index contributed by atoms with van der Waals surface area (Å²) < 4.78 is 26.0. The van der Waals surface area contributed by atoms with E-state index < -0.39 is 29.8 Å². The van der Waals surface area contributed by atoms with Gasteiger partial charge in [0.05, 0.1) is 34.6 Å². The molecule has 3 heterocycles. The minimum Gasteiger partial charge on any atom is -0.442 e. The number of carbonyl (C=O) groups is 4. The number of anilines is 2. The maximum atomic E-state index is 15.1. The van der Waals surface area contributed by atoms with Crippen LogP contribution < -0.4 is 15.5 Å². The number of nitrogens with zero attached hydrogens (tertiary/aromatic N) is 3. The Bertz CT molecular complexity index is 1210. The van der Waals surface area contributed by atoms with Gasteiger partial charge in [0.15, 0.2) is 0 Å². The predicted molar refractivity (Wildman–Crippen MR) is 147 cm³/mol. The number of halogens is 3. The zero-order valence-electron chi connectivity index (χ0n) is 21.0. The van der Waals surface area contributed by atoms with Gasteiger partial charge in [-0.3, -0.25) is 24.2 Å². The summed E-state index contributed by atoms with van der Waals surface area (Å²) in [5.74, 6) is -1.94. The standard InChI is InChI=1S/C25H28ClFN4O6S.ClH/c26-21-8-7-20(38-21)24(34)31(22(32)4-2-1-3-9-28)14-17-13-30(25(35)37-17)19-6-5-16(12-18(19)27)29-10-11-36-15-23(29)33;/h5-8,12,17H,1-4,9-11,13-15,28H2;1H/t17-;/m1./s1. The molecule has 1 aromatic carbocycles. The molecule has 0 spiro atoms. The van der Waals surface area contributed by atoms with Crippen molar-refractivity contribution in [1.82, 2.24) is 4.90 Å². The minimum atomic E-state index is -0.866. The lowest BCUT2D eigenvalue weighted by atomic mass is 10.1. The van der Waals surface area contributed by atoms with E-state index in [4.69, 9.17) is 26.8 Å². The number of cyclic esters (lactones) is 1. The van der Waals surface area contributed by atoms with Gasteiger partial charge in [0.1, 0.15) is 18.5 Å². The van der Waals surface area contributed by atoms with Crippen molar-refractivity contribution in [2.75, 3.05) is 49.2 Å². The molecule has 1 aromatic heterocycles. The third-order valence-corrected chi connectivity index (χ3v) is 7.42. The van der Waals surface area contributed by atoms with Crippen LogP contribution in [0.3, 0.4) is 0 Å². The van der Waals surface area contributed by atoms with Crippen molar-refractivity contribution in [3.05, 3.63) is 45.4 Å². The maximum absolute atomic E-state index is 15.1. The van der Waals surface area contributed by atoms with Gasteiger partial charge in [-0.15, -0.1) is 23.7 Å². The van der Waals surface area contributed by atoms with Crippen molar-refractivity contribution < 1.29 is 33.0 Å². The van der Waals surface area contributed by atoms with Crippen LogP contribution in [0.5, 0.6) is 0 Å². The molecule has 212 valence electrons. The highest BCUT2D eigenvalue weighted by atomic mass is 35.5. The first-order chi connectivity index (χ1) is 18.3. The molecular weight excluding hydrogens is 574 g/mol. The number of amides is 4. The van der Waals surface area contributed by atoms with Gasteiger partial charge in [-0.25, -0.2) is 9.18 Å². The molecule has 0 saturated carbocycles. The molecule has 2 N–H and O–H groups in total. The highest BCUT2D eigenvalue weighted by Gasteiger charge is 2.37. The summed E-state index contributed by atoms with van der Waals surface area (Å²) in [4.78, 5) is 54.8. The van der Waals surface area contributed by atoms with Crippen molar-refractivity contribution in [2.24, 2.45) is 5.73 Å². The van der Waals surface area contributed by atoms with Crippen LogP contribution in [0.15, 0.2) is 30.3 Å². The van der Waals surface area contributed by atoms with Gasteiger partial charge in [0.2, 0.25) is 5.91 Å². The lowest BCUT2D eigenvalue weighted by molar-refractivity contribution is -0.129. The Morgan fingerprint density at radius 3 is 2.62 bits per heavy atom. The summed E-state index contributed by atoms with van der Waals surface area (Å²) in [5.41, 5.74) is 5.84. The van der Waals surface area contributed by atoms with E-state index in [-0.39, 0.29) is 55.0 Å². The molecule has 2 aromatic rings. The Morgan fingerprint density at radius 2 is 1.95 bits per heavy atom. The van der Waals surface area contributed by atoms with Gasteiger partial charge in [0.25, 0.3) is 11.8 Å². The topological polar surface area (TPSA) is 122 Å². The fraction of sp³-hybridized carbons (Fsp3) is 0.440. The molecule has 2 saturated heterocycles. The van der Waals surface area contributed by atoms with Crippen molar-refractivity contribution in [1.29, 1.82) is 0 Å². The number of rotatable bonds is 10. The molecule has 0 unspecified atom stereocenters. The Labute approximate surface area is 240 Å². The van der Waals surface area contributed by atoms with Crippen LogP contribution in [-0.2, 0) is 19.1 Å². The van der Waals surface area contributed by atoms with Crippen LogP contribution in [0.1, 0.15) is 35.4 Å². The summed E-state index contributed by atoms with van der Waals surface area (Å²) in [5, 5.41) is 0. The second-order valence-electron chi connectivity index (χ2n) is 8.86. The van der Waals surface area contributed by atoms with E-state index in [0.717, 1.165) is 34.0 Å². The number of imide groups is 1. The molecule has 2 fully saturated rings. The van der Waals surface area contributed by atoms with Gasteiger partial charge in [-0.2, -0.15) is 0 Å². The second-order valence-corrected chi connectivity index (χ2v) is 10.6. The zero-order valence-corrected chi connectivity index (χ0v) is 23.4. The minimum absolute atomic E-state index is 0. The lowest BCUT2D eigenvalue weighted by Gasteiger charge is -2.27. The molecule has 10 nitrogen and oxygen atoms in total. The molecule has 2 aliphatic rings. The van der Waals surface area contributed by atoms with E-state index in [1.54, 1.807) is 12.1 Å². The Morgan fingerprint density at radius 1 is 1.15 bits per heavy atom. The van der Waals surface area contributed by atoms with Crippen LogP contribution in [-0.4, -0.2) is 74.2 Å². The molecule has 0 radical (unpaired) electrons. The number of unbranched alkanes of at least 4 members (excludes halogenated alkanes) is 2. The summed E-state index contributed by atoms with van der Waals surface area (Å²) in [7, 11) is 0. The summed E-state index contributed by atoms with van der Waals surface area (Å²) in [6.07, 6.45) is 0.533. The van der Waals surface area contributed by atoms with Gasteiger partial charge in [-0.1, -0.05) is 18.0 Å². The molecular formula is C25H29Cl2FN4O6S. The monoisotopic (exact) mass is 602 g/mol. The highest BCUT2D eigenvalue weighted by molar-refractivity contribution is 7.18. The molecule has 0 bridgehead atoms. The third-order valence-electron chi connectivity index (χ3n) is 6.20. The van der Waals surface area contributed by atoms with Gasteiger partial charge >= 0.3 is 6.09 Å².